The third-order valence-electron chi connectivity index (χ3n) is 6.91. The lowest BCUT2D eigenvalue weighted by atomic mass is 9.77. The van der Waals surface area contributed by atoms with Crippen molar-refractivity contribution in [2.75, 3.05) is 4.90 Å². The molecule has 1 fully saturated rings. The highest BCUT2D eigenvalue weighted by Crippen LogP contribution is 2.47. The Labute approximate surface area is 213 Å². The van der Waals surface area contributed by atoms with Crippen LogP contribution in [0.1, 0.15) is 46.5 Å². The third kappa shape index (κ3) is 5.06. The maximum absolute atomic E-state index is 13.6. The van der Waals surface area contributed by atoms with Crippen LogP contribution in [-0.4, -0.2) is 17.3 Å². The highest BCUT2D eigenvalue weighted by atomic mass is 19.1. The number of hydrogen-bond donors (Lipinski definition) is 1. The van der Waals surface area contributed by atoms with Gasteiger partial charge in [0.1, 0.15) is 17.9 Å². The SMILES string of the molecule is O=Cc1cccc(-c2cccc([C@@H]3[C@@H](CC[C@H](O)c4ccc(F)cc4)C(=O)N3c3ccc(F)cc3)c2)c1. The van der Waals surface area contributed by atoms with Gasteiger partial charge >= 0.3 is 0 Å². The smallest absolute Gasteiger partial charge is 0.233 e. The Kier molecular flexibility index (Phi) is 6.93. The van der Waals surface area contributed by atoms with Gasteiger partial charge in [0.15, 0.2) is 0 Å². The van der Waals surface area contributed by atoms with E-state index in [-0.39, 0.29) is 23.6 Å². The fourth-order valence-corrected chi connectivity index (χ4v) is 4.98. The summed E-state index contributed by atoms with van der Waals surface area (Å²) in [6.07, 6.45) is 0.726. The lowest BCUT2D eigenvalue weighted by molar-refractivity contribution is -0.131. The van der Waals surface area contributed by atoms with Crippen molar-refractivity contribution in [1.82, 2.24) is 0 Å². The van der Waals surface area contributed by atoms with Crippen LogP contribution < -0.4 is 4.90 Å². The van der Waals surface area contributed by atoms with Gasteiger partial charge in [-0.3, -0.25) is 9.59 Å². The quantitative estimate of drug-likeness (QED) is 0.219. The van der Waals surface area contributed by atoms with Crippen molar-refractivity contribution in [3.8, 4) is 11.1 Å². The van der Waals surface area contributed by atoms with E-state index < -0.39 is 12.0 Å². The van der Waals surface area contributed by atoms with Gasteiger partial charge in [-0.1, -0.05) is 48.5 Å². The molecule has 0 aliphatic carbocycles. The molecular formula is C31H25F2NO3. The summed E-state index contributed by atoms with van der Waals surface area (Å²) in [5, 5.41) is 10.7. The molecule has 1 N–H and O–H groups in total. The molecule has 1 amide bonds. The molecule has 0 spiro atoms. The van der Waals surface area contributed by atoms with E-state index in [9.17, 15) is 23.5 Å². The lowest BCUT2D eigenvalue weighted by Crippen LogP contribution is -2.55. The van der Waals surface area contributed by atoms with Gasteiger partial charge < -0.3 is 10.0 Å². The van der Waals surface area contributed by atoms with Crippen molar-refractivity contribution in [1.29, 1.82) is 0 Å². The molecule has 5 rings (SSSR count). The van der Waals surface area contributed by atoms with Crippen molar-refractivity contribution in [2.45, 2.75) is 25.0 Å². The van der Waals surface area contributed by atoms with Gasteiger partial charge in [0.25, 0.3) is 0 Å². The fraction of sp³-hybridized carbons (Fsp3) is 0.161. The summed E-state index contributed by atoms with van der Waals surface area (Å²) in [5.41, 5.74) is 4.46. The molecule has 4 aromatic carbocycles. The zero-order valence-corrected chi connectivity index (χ0v) is 19.9. The van der Waals surface area contributed by atoms with Gasteiger partial charge in [-0.05, 0) is 83.6 Å². The molecular weight excluding hydrogens is 472 g/mol. The van der Waals surface area contributed by atoms with Gasteiger partial charge in [0.2, 0.25) is 5.91 Å². The number of rotatable bonds is 8. The number of nitrogens with zero attached hydrogens (tertiary/aromatic N) is 1. The molecule has 0 saturated carbocycles. The minimum Gasteiger partial charge on any atom is -0.388 e. The molecule has 1 aliphatic heterocycles. The molecule has 186 valence electrons. The molecule has 3 atom stereocenters. The zero-order valence-electron chi connectivity index (χ0n) is 19.9. The molecule has 0 bridgehead atoms. The number of carbonyl (C=O) groups is 2. The Morgan fingerprint density at radius 2 is 1.46 bits per heavy atom. The van der Waals surface area contributed by atoms with E-state index in [0.717, 1.165) is 23.0 Å². The molecule has 0 unspecified atom stereocenters. The monoisotopic (exact) mass is 497 g/mol. The van der Waals surface area contributed by atoms with Crippen LogP contribution in [0.25, 0.3) is 11.1 Å². The first-order chi connectivity index (χ1) is 17.9. The molecule has 4 aromatic rings. The predicted octanol–water partition coefficient (Wildman–Crippen LogP) is 6.66. The van der Waals surface area contributed by atoms with Crippen molar-refractivity contribution >= 4 is 17.9 Å². The van der Waals surface area contributed by atoms with Gasteiger partial charge in [-0.2, -0.15) is 0 Å². The van der Waals surface area contributed by atoms with Crippen molar-refractivity contribution < 1.29 is 23.5 Å². The topological polar surface area (TPSA) is 57.6 Å². The normalized spacial score (nSPS) is 17.8. The molecule has 4 nitrogen and oxygen atoms in total. The summed E-state index contributed by atoms with van der Waals surface area (Å²) in [5.74, 6) is -1.25. The minimum absolute atomic E-state index is 0.101. The van der Waals surface area contributed by atoms with Gasteiger partial charge in [0, 0.05) is 11.3 Å². The van der Waals surface area contributed by atoms with Crippen LogP contribution >= 0.6 is 0 Å². The standard InChI is InChI=1S/C31H25F2NO3/c32-25-9-7-21(8-10-25)29(36)16-15-28-30(34(31(28)37)27-13-11-26(33)12-14-27)24-6-2-5-23(18-24)22-4-1-3-20(17-22)19-35/h1-14,17-19,28-30,36H,15-16H2/t28-,29+,30-/m1/s1. The molecule has 1 aliphatic rings. The summed E-state index contributed by atoms with van der Waals surface area (Å²) >= 11 is 0. The van der Waals surface area contributed by atoms with Crippen LogP contribution in [0.2, 0.25) is 0 Å². The summed E-state index contributed by atoms with van der Waals surface area (Å²) < 4.78 is 26.9. The molecule has 0 radical (unpaired) electrons. The van der Waals surface area contributed by atoms with E-state index in [4.69, 9.17) is 0 Å². The second kappa shape index (κ2) is 10.4. The second-order valence-corrected chi connectivity index (χ2v) is 9.25. The van der Waals surface area contributed by atoms with E-state index >= 15 is 0 Å². The maximum atomic E-state index is 13.6. The molecule has 0 aromatic heterocycles. The van der Waals surface area contributed by atoms with Crippen LogP contribution in [-0.2, 0) is 4.79 Å². The molecule has 1 heterocycles. The minimum atomic E-state index is -0.827. The molecule has 6 heteroatoms. The van der Waals surface area contributed by atoms with E-state index in [1.54, 1.807) is 35.2 Å². The van der Waals surface area contributed by atoms with E-state index in [1.807, 2.05) is 42.5 Å². The van der Waals surface area contributed by atoms with Crippen LogP contribution in [0.5, 0.6) is 0 Å². The van der Waals surface area contributed by atoms with Crippen LogP contribution in [0.15, 0.2) is 97.1 Å². The number of carbonyl (C=O) groups excluding carboxylic acids is 2. The number of halogens is 2. The van der Waals surface area contributed by atoms with Gasteiger partial charge in [0.05, 0.1) is 18.1 Å². The second-order valence-electron chi connectivity index (χ2n) is 9.25. The number of anilines is 1. The first-order valence-electron chi connectivity index (χ1n) is 12.1. The maximum Gasteiger partial charge on any atom is 0.233 e. The number of β-lactam (4-membered cyclic amide) rings is 1. The van der Waals surface area contributed by atoms with Gasteiger partial charge in [-0.15, -0.1) is 0 Å². The average Bonchev–Trinajstić information content (AvgIpc) is 2.93. The van der Waals surface area contributed by atoms with E-state index in [1.165, 1.54) is 24.3 Å². The summed E-state index contributed by atoms with van der Waals surface area (Å²) in [6.45, 7) is 0. The number of hydrogen-bond acceptors (Lipinski definition) is 3. The summed E-state index contributed by atoms with van der Waals surface area (Å²) in [7, 11) is 0. The Bertz CT molecular complexity index is 1420. The summed E-state index contributed by atoms with van der Waals surface area (Å²) in [4.78, 5) is 26.2. The van der Waals surface area contributed by atoms with Crippen molar-refractivity contribution in [3.05, 3.63) is 125 Å². The van der Waals surface area contributed by atoms with E-state index in [2.05, 4.69) is 0 Å². The Morgan fingerprint density at radius 1 is 0.838 bits per heavy atom. The van der Waals surface area contributed by atoms with E-state index in [0.29, 0.717) is 29.7 Å². The highest BCUT2D eigenvalue weighted by molar-refractivity contribution is 6.03. The highest BCUT2D eigenvalue weighted by Gasteiger charge is 2.48. The van der Waals surface area contributed by atoms with Crippen molar-refractivity contribution in [2.24, 2.45) is 5.92 Å². The first kappa shape index (κ1) is 24.5. The number of benzene rings is 4. The van der Waals surface area contributed by atoms with Gasteiger partial charge in [-0.25, -0.2) is 8.78 Å². The Hall–Kier alpha value is -4.16. The summed E-state index contributed by atoms with van der Waals surface area (Å²) in [6, 6.07) is 26.3. The van der Waals surface area contributed by atoms with Crippen molar-refractivity contribution in [3.63, 3.8) is 0 Å². The van der Waals surface area contributed by atoms with Crippen LogP contribution in [0.4, 0.5) is 14.5 Å². The third-order valence-corrected chi connectivity index (χ3v) is 6.91. The number of aliphatic hydroxyl groups excluding tert-OH is 1. The largest absolute Gasteiger partial charge is 0.388 e. The first-order valence-corrected chi connectivity index (χ1v) is 12.1. The Balaban J connectivity index is 1.44. The number of aliphatic hydroxyl groups is 1. The lowest BCUT2D eigenvalue weighted by Gasteiger charge is -2.48. The Morgan fingerprint density at radius 3 is 2.14 bits per heavy atom. The number of aldehydes is 1. The number of amides is 1. The zero-order chi connectivity index (χ0) is 25.9. The fourth-order valence-electron chi connectivity index (χ4n) is 4.98. The predicted molar refractivity (Wildman–Crippen MR) is 138 cm³/mol. The molecule has 1 saturated heterocycles. The van der Waals surface area contributed by atoms with Crippen LogP contribution in [0, 0.1) is 17.6 Å². The van der Waals surface area contributed by atoms with Crippen LogP contribution in [0.3, 0.4) is 0 Å². The average molecular weight is 498 g/mol. The molecule has 37 heavy (non-hydrogen) atoms.